The number of carbonyl (C=O) groups excluding carboxylic acids is 1. The summed E-state index contributed by atoms with van der Waals surface area (Å²) in [5, 5.41) is 30.2. The van der Waals surface area contributed by atoms with E-state index in [-0.39, 0.29) is 18.7 Å². The van der Waals surface area contributed by atoms with Gasteiger partial charge in [-0.2, -0.15) is 0 Å². The van der Waals surface area contributed by atoms with Crippen LogP contribution in [-0.2, 0) is 32.0 Å². The van der Waals surface area contributed by atoms with Gasteiger partial charge in [0.05, 0.1) is 20.6 Å². The number of aryl methyl sites for hydroxylation is 1. The number of aromatic hydroxyl groups is 1. The van der Waals surface area contributed by atoms with Crippen LogP contribution < -0.4 is 10.2 Å². The van der Waals surface area contributed by atoms with E-state index in [2.05, 4.69) is 5.43 Å². The van der Waals surface area contributed by atoms with Gasteiger partial charge in [0, 0.05) is 6.54 Å². The fourth-order valence-corrected chi connectivity index (χ4v) is 3.53. The molecular formula is C24H30N2O8. The second-order valence-corrected chi connectivity index (χ2v) is 7.65. The maximum absolute atomic E-state index is 12.4. The van der Waals surface area contributed by atoms with Gasteiger partial charge in [-0.1, -0.05) is 36.4 Å². The quantitative estimate of drug-likeness (QED) is 0.236. The Labute approximate surface area is 197 Å². The van der Waals surface area contributed by atoms with Gasteiger partial charge in [-0.15, -0.1) is 0 Å². The van der Waals surface area contributed by atoms with Crippen LogP contribution in [-0.4, -0.2) is 71.1 Å². The highest BCUT2D eigenvalue weighted by atomic mass is 16.5. The Morgan fingerprint density at radius 3 is 2.29 bits per heavy atom. The summed E-state index contributed by atoms with van der Waals surface area (Å²) in [5.41, 5.74) is 4.51. The van der Waals surface area contributed by atoms with E-state index in [1.165, 1.54) is 19.2 Å². The second-order valence-electron chi connectivity index (χ2n) is 7.65. The number of hydrazine groups is 1. The molecule has 4 N–H and O–H groups in total. The van der Waals surface area contributed by atoms with E-state index < -0.39 is 36.4 Å². The van der Waals surface area contributed by atoms with Crippen molar-refractivity contribution in [1.29, 1.82) is 0 Å². The van der Waals surface area contributed by atoms with Gasteiger partial charge in [-0.05, 0) is 42.5 Å². The van der Waals surface area contributed by atoms with E-state index in [9.17, 15) is 29.7 Å². The van der Waals surface area contributed by atoms with Crippen molar-refractivity contribution in [2.24, 2.45) is 0 Å². The van der Waals surface area contributed by atoms with Crippen LogP contribution in [0.5, 0.6) is 11.5 Å². The molecule has 10 heteroatoms. The summed E-state index contributed by atoms with van der Waals surface area (Å²) in [6, 6.07) is 11.7. The first kappa shape index (κ1) is 26.6. The number of hydrogen-bond acceptors (Lipinski definition) is 8. The number of methoxy groups -OCH3 is 2. The molecule has 0 saturated carbocycles. The van der Waals surface area contributed by atoms with E-state index in [1.54, 1.807) is 18.2 Å². The number of aliphatic carboxylic acids is 2. The van der Waals surface area contributed by atoms with Crippen LogP contribution in [0, 0.1) is 0 Å². The van der Waals surface area contributed by atoms with Crippen LogP contribution >= 0.6 is 0 Å². The summed E-state index contributed by atoms with van der Waals surface area (Å²) in [5.74, 6) is -2.90. The molecule has 0 spiro atoms. The molecule has 0 heterocycles. The Hall–Kier alpha value is -3.63. The van der Waals surface area contributed by atoms with Crippen molar-refractivity contribution < 1.29 is 39.2 Å². The fourth-order valence-electron chi connectivity index (χ4n) is 3.53. The van der Waals surface area contributed by atoms with Gasteiger partial charge in [0.1, 0.15) is 12.1 Å². The molecule has 2 atom stereocenters. The summed E-state index contributed by atoms with van der Waals surface area (Å²) in [6.07, 6.45) is 0.443. The number of benzene rings is 2. The SMILES string of the molecule is COC(=O)[C@H](Cc1ccccc1)NN(CCCc1ccc(OC)c(O)c1)[C@@H](CC(=O)O)C(=O)O. The normalized spacial score (nSPS) is 12.7. The van der Waals surface area contributed by atoms with Crippen LogP contribution in [0.15, 0.2) is 48.5 Å². The topological polar surface area (TPSA) is 146 Å². The highest BCUT2D eigenvalue weighted by Crippen LogP contribution is 2.26. The monoisotopic (exact) mass is 474 g/mol. The van der Waals surface area contributed by atoms with Crippen molar-refractivity contribution in [2.45, 2.75) is 37.8 Å². The second kappa shape index (κ2) is 13.2. The number of phenols is 1. The molecule has 0 amide bonds. The van der Waals surface area contributed by atoms with Crippen molar-refractivity contribution >= 4 is 17.9 Å². The third-order valence-electron chi connectivity index (χ3n) is 5.23. The van der Waals surface area contributed by atoms with Crippen molar-refractivity contribution in [2.75, 3.05) is 20.8 Å². The summed E-state index contributed by atoms with van der Waals surface area (Å²) in [6.45, 7) is 0.124. The lowest BCUT2D eigenvalue weighted by atomic mass is 10.1. The minimum Gasteiger partial charge on any atom is -0.504 e. The van der Waals surface area contributed by atoms with Crippen molar-refractivity contribution in [3.8, 4) is 11.5 Å². The maximum Gasteiger partial charge on any atom is 0.324 e. The van der Waals surface area contributed by atoms with Crippen LogP contribution in [0.3, 0.4) is 0 Å². The third-order valence-corrected chi connectivity index (χ3v) is 5.23. The summed E-state index contributed by atoms with van der Waals surface area (Å²) >= 11 is 0. The number of nitrogens with one attached hydrogen (secondary N) is 1. The Balaban J connectivity index is 2.20. The minimum absolute atomic E-state index is 0.0158. The molecule has 2 aromatic carbocycles. The van der Waals surface area contributed by atoms with E-state index >= 15 is 0 Å². The van der Waals surface area contributed by atoms with E-state index in [0.29, 0.717) is 18.6 Å². The zero-order chi connectivity index (χ0) is 25.1. The first-order valence-corrected chi connectivity index (χ1v) is 10.7. The Bertz CT molecular complexity index is 967. The molecule has 0 saturated heterocycles. The summed E-state index contributed by atoms with van der Waals surface area (Å²) < 4.78 is 9.91. The van der Waals surface area contributed by atoms with Crippen LogP contribution in [0.4, 0.5) is 0 Å². The molecule has 2 rings (SSSR count). The Kier molecular flexibility index (Phi) is 10.3. The maximum atomic E-state index is 12.4. The lowest BCUT2D eigenvalue weighted by molar-refractivity contribution is -0.154. The van der Waals surface area contributed by atoms with Gasteiger partial charge in [0.2, 0.25) is 0 Å². The van der Waals surface area contributed by atoms with Crippen LogP contribution in [0.25, 0.3) is 0 Å². The van der Waals surface area contributed by atoms with Gasteiger partial charge in [0.25, 0.3) is 0 Å². The van der Waals surface area contributed by atoms with Crippen molar-refractivity contribution in [1.82, 2.24) is 10.4 Å². The lowest BCUT2D eigenvalue weighted by Gasteiger charge is -2.32. The average molecular weight is 475 g/mol. The van der Waals surface area contributed by atoms with Crippen LogP contribution in [0.1, 0.15) is 24.0 Å². The molecule has 0 aromatic heterocycles. The van der Waals surface area contributed by atoms with Gasteiger partial charge in [0.15, 0.2) is 11.5 Å². The number of ether oxygens (including phenoxy) is 2. The molecule has 0 aliphatic rings. The predicted octanol–water partition coefficient (Wildman–Crippen LogP) is 1.85. The van der Waals surface area contributed by atoms with Gasteiger partial charge < -0.3 is 24.8 Å². The first-order chi connectivity index (χ1) is 16.2. The molecule has 0 fully saturated rings. The molecule has 0 aliphatic carbocycles. The number of rotatable bonds is 14. The lowest BCUT2D eigenvalue weighted by Crippen LogP contribution is -2.57. The van der Waals surface area contributed by atoms with Crippen LogP contribution in [0.2, 0.25) is 0 Å². The molecule has 184 valence electrons. The number of hydrogen-bond donors (Lipinski definition) is 4. The fraction of sp³-hybridized carbons (Fsp3) is 0.375. The summed E-state index contributed by atoms with van der Waals surface area (Å²) in [4.78, 5) is 35.7. The number of carbonyl (C=O) groups is 3. The molecule has 0 unspecified atom stereocenters. The number of nitrogens with zero attached hydrogens (tertiary/aromatic N) is 1. The average Bonchev–Trinajstić information content (AvgIpc) is 2.81. The largest absolute Gasteiger partial charge is 0.504 e. The third kappa shape index (κ3) is 8.05. The molecular weight excluding hydrogens is 444 g/mol. The van der Waals surface area contributed by atoms with Gasteiger partial charge >= 0.3 is 17.9 Å². The molecule has 0 bridgehead atoms. The number of carboxylic acid groups (broad SMARTS) is 2. The highest BCUT2D eigenvalue weighted by Gasteiger charge is 2.32. The molecule has 2 aromatic rings. The predicted molar refractivity (Wildman–Crippen MR) is 122 cm³/mol. The van der Waals surface area contributed by atoms with Crippen molar-refractivity contribution in [3.05, 3.63) is 59.7 Å². The first-order valence-electron chi connectivity index (χ1n) is 10.7. The standard InChI is InChI=1S/C24H30N2O8/c1-33-21-11-10-17(14-20(21)27)9-6-12-26(19(23(30)31)15-22(28)29)25-18(24(32)34-2)13-16-7-4-3-5-8-16/h3-5,7-8,10-11,14,18-19,25,27H,6,9,12-13,15H2,1-2H3,(H,28,29)(H,30,31)/t18-,19-/m0/s1. The molecule has 0 aliphatic heterocycles. The smallest absolute Gasteiger partial charge is 0.324 e. The number of esters is 1. The Morgan fingerprint density at radius 1 is 1.03 bits per heavy atom. The molecule has 34 heavy (non-hydrogen) atoms. The van der Waals surface area contributed by atoms with E-state index in [1.807, 2.05) is 30.3 Å². The van der Waals surface area contributed by atoms with E-state index in [0.717, 1.165) is 11.1 Å². The highest BCUT2D eigenvalue weighted by molar-refractivity contribution is 5.80. The zero-order valence-electron chi connectivity index (χ0n) is 19.1. The molecule has 10 nitrogen and oxygen atoms in total. The zero-order valence-corrected chi connectivity index (χ0v) is 19.1. The molecule has 0 radical (unpaired) electrons. The van der Waals surface area contributed by atoms with E-state index in [4.69, 9.17) is 9.47 Å². The summed E-state index contributed by atoms with van der Waals surface area (Å²) in [7, 11) is 2.67. The van der Waals surface area contributed by atoms with Gasteiger partial charge in [-0.25, -0.2) is 10.4 Å². The van der Waals surface area contributed by atoms with Gasteiger partial charge in [-0.3, -0.25) is 14.4 Å². The number of carboxylic acids is 2. The van der Waals surface area contributed by atoms with Crippen molar-refractivity contribution in [3.63, 3.8) is 0 Å². The minimum atomic E-state index is -1.41. The Morgan fingerprint density at radius 2 is 1.74 bits per heavy atom. The number of phenolic OH excluding ortho intramolecular Hbond substituents is 1.